The molecule has 3 aromatic rings. The third-order valence-electron chi connectivity index (χ3n) is 4.92. The third-order valence-corrected chi connectivity index (χ3v) is 5.19. The minimum atomic E-state index is -3.29. The molecular formula is C17H20ClF2N7O2. The second-order valence-electron chi connectivity index (χ2n) is 6.77. The molecule has 12 heteroatoms. The van der Waals surface area contributed by atoms with Crippen molar-refractivity contribution in [3.63, 3.8) is 0 Å². The fourth-order valence-corrected chi connectivity index (χ4v) is 3.80. The van der Waals surface area contributed by atoms with Gasteiger partial charge in [0.25, 0.3) is 0 Å². The molecule has 4 heterocycles. The van der Waals surface area contributed by atoms with Crippen molar-refractivity contribution in [3.8, 4) is 17.4 Å². The second kappa shape index (κ2) is 7.48. The largest absolute Gasteiger partial charge is 0.480 e. The topological polar surface area (TPSA) is 102 Å². The molecule has 0 unspecified atom stereocenters. The van der Waals surface area contributed by atoms with Gasteiger partial charge in [-0.25, -0.2) is 9.97 Å². The van der Waals surface area contributed by atoms with Gasteiger partial charge in [-0.3, -0.25) is 16.0 Å². The number of pyridine rings is 1. The Hall–Kier alpha value is -2.34. The zero-order valence-corrected chi connectivity index (χ0v) is 16.8. The number of hydrogen-bond donors (Lipinski definition) is 3. The van der Waals surface area contributed by atoms with Crippen molar-refractivity contribution in [2.45, 2.75) is 11.8 Å². The van der Waals surface area contributed by atoms with E-state index in [4.69, 9.17) is 16.3 Å². The standard InChI is InChI=1S/C17H20ClF2N7O2/c1-27-10-4-9(18)15(29-3)23-12(10)11(8-5-21-22-6-8)13(27)14-24-16(26-25-14)17(19,20)7-28-2/h4,8,21-22H,5-7H2,1-3H3,(H,24,25,26). The quantitative estimate of drug-likeness (QED) is 0.552. The van der Waals surface area contributed by atoms with Crippen molar-refractivity contribution in [2.75, 3.05) is 33.9 Å². The molecule has 0 spiro atoms. The van der Waals surface area contributed by atoms with Crippen LogP contribution in [0, 0.1) is 0 Å². The number of fused-ring (bicyclic) bond motifs is 1. The lowest BCUT2D eigenvalue weighted by Gasteiger charge is -2.11. The van der Waals surface area contributed by atoms with Gasteiger partial charge in [0.15, 0.2) is 11.6 Å². The van der Waals surface area contributed by atoms with Crippen LogP contribution in [0.25, 0.3) is 22.6 Å². The van der Waals surface area contributed by atoms with Gasteiger partial charge in [0.2, 0.25) is 5.88 Å². The highest BCUT2D eigenvalue weighted by Crippen LogP contribution is 2.39. The molecule has 9 nitrogen and oxygen atoms in total. The van der Waals surface area contributed by atoms with Gasteiger partial charge >= 0.3 is 5.92 Å². The van der Waals surface area contributed by atoms with Crippen LogP contribution in [-0.2, 0) is 17.7 Å². The van der Waals surface area contributed by atoms with E-state index < -0.39 is 18.4 Å². The molecule has 3 aromatic heterocycles. The number of H-pyrrole nitrogens is 1. The van der Waals surface area contributed by atoms with Crippen LogP contribution < -0.4 is 15.6 Å². The lowest BCUT2D eigenvalue weighted by atomic mass is 9.98. The number of aromatic amines is 1. The Morgan fingerprint density at radius 1 is 1.28 bits per heavy atom. The highest BCUT2D eigenvalue weighted by Gasteiger charge is 2.37. The van der Waals surface area contributed by atoms with E-state index in [1.54, 1.807) is 13.1 Å². The molecule has 0 saturated carbocycles. The Bertz CT molecular complexity index is 1050. The average Bonchev–Trinajstić information content (AvgIpc) is 3.41. The van der Waals surface area contributed by atoms with Gasteiger partial charge in [-0.05, 0) is 6.07 Å². The molecular weight excluding hydrogens is 408 g/mol. The second-order valence-corrected chi connectivity index (χ2v) is 7.18. The van der Waals surface area contributed by atoms with Crippen LogP contribution in [0.15, 0.2) is 6.07 Å². The van der Waals surface area contributed by atoms with Crippen molar-refractivity contribution < 1.29 is 18.3 Å². The van der Waals surface area contributed by atoms with Gasteiger partial charge in [-0.1, -0.05) is 11.6 Å². The molecule has 3 N–H and O–H groups in total. The van der Waals surface area contributed by atoms with E-state index in [0.29, 0.717) is 35.2 Å². The zero-order chi connectivity index (χ0) is 20.8. The maximum Gasteiger partial charge on any atom is 0.328 e. The molecule has 1 fully saturated rings. The van der Waals surface area contributed by atoms with E-state index >= 15 is 0 Å². The normalized spacial score (nSPS) is 15.5. The smallest absolute Gasteiger partial charge is 0.328 e. The van der Waals surface area contributed by atoms with Crippen LogP contribution in [-0.4, -0.2) is 58.6 Å². The SMILES string of the molecule is COCC(F)(F)c1nc(-c2c(C3CNNC3)c3nc(OC)c(Cl)cc3n2C)n[nH]1. The Labute approximate surface area is 169 Å². The minimum Gasteiger partial charge on any atom is -0.480 e. The third kappa shape index (κ3) is 3.33. The first kappa shape index (κ1) is 20.0. The van der Waals surface area contributed by atoms with Crippen LogP contribution in [0.5, 0.6) is 5.88 Å². The van der Waals surface area contributed by atoms with Crippen molar-refractivity contribution in [1.82, 2.24) is 35.6 Å². The first-order valence-electron chi connectivity index (χ1n) is 8.86. The fraction of sp³-hybridized carbons (Fsp3) is 0.471. The summed E-state index contributed by atoms with van der Waals surface area (Å²) in [4.78, 5) is 8.64. The van der Waals surface area contributed by atoms with Crippen LogP contribution in [0.3, 0.4) is 0 Å². The van der Waals surface area contributed by atoms with Gasteiger partial charge in [-0.2, -0.15) is 13.9 Å². The number of rotatable bonds is 6. The van der Waals surface area contributed by atoms with Crippen LogP contribution >= 0.6 is 11.6 Å². The van der Waals surface area contributed by atoms with Gasteiger partial charge < -0.3 is 14.0 Å². The van der Waals surface area contributed by atoms with Crippen molar-refractivity contribution in [1.29, 1.82) is 0 Å². The number of ether oxygens (including phenoxy) is 2. The number of alkyl halides is 2. The van der Waals surface area contributed by atoms with E-state index in [0.717, 1.165) is 11.1 Å². The van der Waals surface area contributed by atoms with Crippen molar-refractivity contribution in [3.05, 3.63) is 22.5 Å². The van der Waals surface area contributed by atoms with Crippen LogP contribution in [0.1, 0.15) is 17.3 Å². The summed E-state index contributed by atoms with van der Waals surface area (Å²) in [7, 11) is 4.49. The molecule has 29 heavy (non-hydrogen) atoms. The summed E-state index contributed by atoms with van der Waals surface area (Å²) in [5.41, 5.74) is 8.96. The Morgan fingerprint density at radius 2 is 2.00 bits per heavy atom. The van der Waals surface area contributed by atoms with Crippen molar-refractivity contribution >= 4 is 22.6 Å². The summed E-state index contributed by atoms with van der Waals surface area (Å²) < 4.78 is 40.1. The number of aromatic nitrogens is 5. The number of aryl methyl sites for hydroxylation is 1. The maximum atomic E-state index is 14.2. The molecule has 0 bridgehead atoms. The molecule has 0 radical (unpaired) electrons. The van der Waals surface area contributed by atoms with E-state index in [-0.39, 0.29) is 11.7 Å². The molecule has 156 valence electrons. The monoisotopic (exact) mass is 427 g/mol. The number of methoxy groups -OCH3 is 2. The van der Waals surface area contributed by atoms with E-state index in [9.17, 15) is 8.78 Å². The Balaban J connectivity index is 1.93. The molecule has 1 aliphatic heterocycles. The molecule has 4 rings (SSSR count). The van der Waals surface area contributed by atoms with Crippen LogP contribution in [0.2, 0.25) is 5.02 Å². The van der Waals surface area contributed by atoms with Crippen molar-refractivity contribution in [2.24, 2.45) is 7.05 Å². The predicted octanol–water partition coefficient (Wildman–Crippen LogP) is 1.95. The van der Waals surface area contributed by atoms with Gasteiger partial charge in [0.05, 0.1) is 23.8 Å². The van der Waals surface area contributed by atoms with E-state index in [1.165, 1.54) is 14.2 Å². The number of hydrogen-bond acceptors (Lipinski definition) is 7. The molecule has 0 aliphatic carbocycles. The number of nitrogens with zero attached hydrogens (tertiary/aromatic N) is 4. The summed E-state index contributed by atoms with van der Waals surface area (Å²) >= 11 is 6.27. The lowest BCUT2D eigenvalue weighted by Crippen LogP contribution is -2.21. The highest BCUT2D eigenvalue weighted by atomic mass is 35.5. The van der Waals surface area contributed by atoms with Crippen LogP contribution in [0.4, 0.5) is 8.78 Å². The molecule has 0 amide bonds. The van der Waals surface area contributed by atoms with Gasteiger partial charge in [-0.15, -0.1) is 0 Å². The number of nitrogens with one attached hydrogen (secondary N) is 3. The summed E-state index contributed by atoms with van der Waals surface area (Å²) in [5, 5.41) is 6.76. The van der Waals surface area contributed by atoms with Gasteiger partial charge in [0.1, 0.15) is 11.6 Å². The first-order valence-corrected chi connectivity index (χ1v) is 9.23. The molecule has 0 aromatic carbocycles. The Morgan fingerprint density at radius 3 is 2.66 bits per heavy atom. The predicted molar refractivity (Wildman–Crippen MR) is 102 cm³/mol. The van der Waals surface area contributed by atoms with E-state index in [2.05, 4.69) is 35.8 Å². The summed E-state index contributed by atoms with van der Waals surface area (Å²) in [5.74, 6) is -3.39. The minimum absolute atomic E-state index is 0.0218. The molecule has 1 saturated heterocycles. The molecule has 0 atom stereocenters. The zero-order valence-electron chi connectivity index (χ0n) is 16.0. The average molecular weight is 428 g/mol. The highest BCUT2D eigenvalue weighted by molar-refractivity contribution is 6.32. The summed E-state index contributed by atoms with van der Waals surface area (Å²) in [6.07, 6.45) is 0. The van der Waals surface area contributed by atoms with Gasteiger partial charge in [0, 0.05) is 38.7 Å². The first-order chi connectivity index (χ1) is 13.9. The lowest BCUT2D eigenvalue weighted by molar-refractivity contribution is -0.0763. The summed E-state index contributed by atoms with van der Waals surface area (Å²) in [6.45, 7) is 0.472. The number of hydrazine groups is 1. The fourth-order valence-electron chi connectivity index (χ4n) is 3.58. The number of halogens is 3. The molecule has 1 aliphatic rings. The summed E-state index contributed by atoms with van der Waals surface area (Å²) in [6, 6.07) is 1.73. The Kier molecular flexibility index (Phi) is 5.15. The van der Waals surface area contributed by atoms with E-state index in [1.807, 2.05) is 4.57 Å². The maximum absolute atomic E-state index is 14.2.